The van der Waals surface area contributed by atoms with Crippen molar-refractivity contribution >= 4 is 25.7 Å². The van der Waals surface area contributed by atoms with Gasteiger partial charge in [-0.15, -0.1) is 0 Å². The highest BCUT2D eigenvalue weighted by Gasteiger charge is 2.30. The zero-order chi connectivity index (χ0) is 19.5. The van der Waals surface area contributed by atoms with E-state index in [1.54, 1.807) is 6.92 Å². The molecular weight excluding hydrogens is 369 g/mol. The Hall–Kier alpha value is -1.23. The van der Waals surface area contributed by atoms with E-state index in [9.17, 15) is 21.2 Å². The van der Waals surface area contributed by atoms with Crippen molar-refractivity contribution in [3.63, 3.8) is 0 Å². The van der Waals surface area contributed by atoms with Crippen LogP contribution in [0.15, 0.2) is 23.1 Å². The number of hydrogen-bond acceptors (Lipinski definition) is 5. The van der Waals surface area contributed by atoms with Crippen LogP contribution in [-0.4, -0.2) is 34.7 Å². The summed E-state index contributed by atoms with van der Waals surface area (Å²) < 4.78 is 66.8. The molecule has 0 spiro atoms. The zero-order valence-electron chi connectivity index (χ0n) is 14.8. The van der Waals surface area contributed by atoms with E-state index in [0.29, 0.717) is 6.42 Å². The lowest BCUT2D eigenvalue weighted by Crippen LogP contribution is -2.52. The summed E-state index contributed by atoms with van der Waals surface area (Å²) in [6.07, 6.45) is 0.513. The number of hydrogen-bond donors (Lipinski definition) is 3. The average molecular weight is 396 g/mol. The maximum Gasteiger partial charge on any atom is 0.241 e. The Labute approximate surface area is 149 Å². The molecule has 0 saturated carbocycles. The smallest absolute Gasteiger partial charge is 0.241 e. The SMILES string of the molecule is CCS(=O)(=O)Nc1ccc(S(=O)(=O)NC(C)(CN)CC(C)C)cc1F. The van der Waals surface area contributed by atoms with Crippen LogP contribution in [0, 0.1) is 11.7 Å². The summed E-state index contributed by atoms with van der Waals surface area (Å²) in [4.78, 5) is -0.298. The van der Waals surface area contributed by atoms with Crippen LogP contribution in [0.3, 0.4) is 0 Å². The first-order valence-electron chi connectivity index (χ1n) is 7.88. The summed E-state index contributed by atoms with van der Waals surface area (Å²) in [5, 5.41) is 0. The minimum atomic E-state index is -4.01. The summed E-state index contributed by atoms with van der Waals surface area (Å²) in [5.74, 6) is -0.991. The number of halogens is 1. The van der Waals surface area contributed by atoms with Crippen LogP contribution in [0.5, 0.6) is 0 Å². The topological polar surface area (TPSA) is 118 Å². The van der Waals surface area contributed by atoms with Gasteiger partial charge >= 0.3 is 0 Å². The van der Waals surface area contributed by atoms with Gasteiger partial charge in [-0.1, -0.05) is 13.8 Å². The Kier molecular flexibility index (Phi) is 6.96. The van der Waals surface area contributed by atoms with Gasteiger partial charge < -0.3 is 5.73 Å². The molecular formula is C15H26FN3O4S2. The molecule has 1 rings (SSSR count). The van der Waals surface area contributed by atoms with Crippen molar-refractivity contribution in [2.75, 3.05) is 17.0 Å². The van der Waals surface area contributed by atoms with E-state index in [4.69, 9.17) is 5.73 Å². The second-order valence-corrected chi connectivity index (χ2v) is 10.3. The molecule has 10 heteroatoms. The molecule has 0 saturated heterocycles. The maximum absolute atomic E-state index is 14.1. The number of anilines is 1. The summed E-state index contributed by atoms with van der Waals surface area (Å²) in [6.45, 7) is 7.06. The largest absolute Gasteiger partial charge is 0.329 e. The summed E-state index contributed by atoms with van der Waals surface area (Å²) in [5.41, 5.74) is 4.53. The molecule has 1 atom stereocenters. The van der Waals surface area contributed by atoms with Crippen LogP contribution >= 0.6 is 0 Å². The summed E-state index contributed by atoms with van der Waals surface area (Å²) in [7, 11) is -7.67. The lowest BCUT2D eigenvalue weighted by molar-refractivity contribution is 0.344. The minimum Gasteiger partial charge on any atom is -0.329 e. The molecule has 0 aliphatic carbocycles. The molecule has 0 aliphatic heterocycles. The van der Waals surface area contributed by atoms with Crippen LogP contribution in [0.2, 0.25) is 0 Å². The van der Waals surface area contributed by atoms with Gasteiger partial charge in [0.05, 0.1) is 16.3 Å². The molecule has 1 unspecified atom stereocenters. The Morgan fingerprint density at radius 3 is 2.28 bits per heavy atom. The molecule has 0 aliphatic rings. The molecule has 4 N–H and O–H groups in total. The Balaban J connectivity index is 3.13. The second kappa shape index (κ2) is 7.98. The third-order valence-electron chi connectivity index (χ3n) is 3.59. The van der Waals surface area contributed by atoms with Crippen molar-refractivity contribution in [2.24, 2.45) is 11.7 Å². The van der Waals surface area contributed by atoms with Gasteiger partial charge in [0.25, 0.3) is 0 Å². The first-order chi connectivity index (χ1) is 11.3. The molecule has 144 valence electrons. The predicted octanol–water partition coefficient (Wildman–Crippen LogP) is 1.63. The average Bonchev–Trinajstić information content (AvgIpc) is 2.47. The zero-order valence-corrected chi connectivity index (χ0v) is 16.5. The first-order valence-corrected chi connectivity index (χ1v) is 11.0. The van der Waals surface area contributed by atoms with Gasteiger partial charge in [-0.05, 0) is 44.4 Å². The molecule has 0 heterocycles. The Morgan fingerprint density at radius 1 is 1.24 bits per heavy atom. The lowest BCUT2D eigenvalue weighted by Gasteiger charge is -2.30. The van der Waals surface area contributed by atoms with Crippen LogP contribution in [0.1, 0.15) is 34.1 Å². The van der Waals surface area contributed by atoms with Crippen molar-refractivity contribution < 1.29 is 21.2 Å². The Morgan fingerprint density at radius 2 is 1.84 bits per heavy atom. The number of rotatable bonds is 9. The van der Waals surface area contributed by atoms with Gasteiger partial charge in [0, 0.05) is 12.1 Å². The molecule has 0 amide bonds. The fourth-order valence-electron chi connectivity index (χ4n) is 2.44. The van der Waals surface area contributed by atoms with Crippen LogP contribution in [0.25, 0.3) is 0 Å². The number of nitrogens with two attached hydrogens (primary N) is 1. The third kappa shape index (κ3) is 6.21. The van der Waals surface area contributed by atoms with E-state index in [-0.39, 0.29) is 28.8 Å². The molecule has 0 radical (unpaired) electrons. The van der Waals surface area contributed by atoms with E-state index in [1.807, 2.05) is 13.8 Å². The van der Waals surface area contributed by atoms with Crippen molar-refractivity contribution in [3.05, 3.63) is 24.0 Å². The van der Waals surface area contributed by atoms with Gasteiger partial charge in [-0.25, -0.2) is 25.9 Å². The van der Waals surface area contributed by atoms with Crippen molar-refractivity contribution in [1.29, 1.82) is 0 Å². The summed E-state index contributed by atoms with van der Waals surface area (Å²) in [6, 6.07) is 3.01. The molecule has 0 fully saturated rings. The van der Waals surface area contributed by atoms with E-state index in [2.05, 4.69) is 9.44 Å². The standard InChI is InChI=1S/C15H26FN3O4S2/c1-5-24(20,21)18-14-7-6-12(8-13(14)16)25(22,23)19-15(4,10-17)9-11(2)3/h6-8,11,18-19H,5,9-10,17H2,1-4H3. The molecule has 1 aromatic carbocycles. The molecule has 7 nitrogen and oxygen atoms in total. The first kappa shape index (κ1) is 21.8. The van der Waals surface area contributed by atoms with Crippen molar-refractivity contribution in [1.82, 2.24) is 4.72 Å². The van der Waals surface area contributed by atoms with Crippen LogP contribution in [0.4, 0.5) is 10.1 Å². The van der Waals surface area contributed by atoms with Gasteiger partial charge in [-0.3, -0.25) is 4.72 Å². The monoisotopic (exact) mass is 395 g/mol. The van der Waals surface area contributed by atoms with E-state index >= 15 is 0 Å². The van der Waals surface area contributed by atoms with Crippen molar-refractivity contribution in [2.45, 2.75) is 44.6 Å². The third-order valence-corrected chi connectivity index (χ3v) is 6.51. The predicted molar refractivity (Wildman–Crippen MR) is 96.7 cm³/mol. The molecule has 0 bridgehead atoms. The maximum atomic E-state index is 14.1. The fourth-order valence-corrected chi connectivity index (χ4v) is 4.52. The second-order valence-electron chi connectivity index (χ2n) is 6.62. The van der Waals surface area contributed by atoms with Crippen LogP contribution in [-0.2, 0) is 20.0 Å². The van der Waals surface area contributed by atoms with Crippen LogP contribution < -0.4 is 15.2 Å². The van der Waals surface area contributed by atoms with Gasteiger partial charge in [-0.2, -0.15) is 0 Å². The number of nitrogens with one attached hydrogen (secondary N) is 2. The highest BCUT2D eigenvalue weighted by Crippen LogP contribution is 2.23. The normalized spacial score (nSPS) is 15.2. The highest BCUT2D eigenvalue weighted by molar-refractivity contribution is 7.92. The van der Waals surface area contributed by atoms with E-state index in [1.165, 1.54) is 6.92 Å². The lowest BCUT2D eigenvalue weighted by atomic mass is 9.92. The molecule has 25 heavy (non-hydrogen) atoms. The van der Waals surface area contributed by atoms with Gasteiger partial charge in [0.1, 0.15) is 5.82 Å². The van der Waals surface area contributed by atoms with E-state index in [0.717, 1.165) is 18.2 Å². The molecule has 0 aromatic heterocycles. The van der Waals surface area contributed by atoms with E-state index < -0.39 is 31.4 Å². The van der Waals surface area contributed by atoms with Crippen molar-refractivity contribution in [3.8, 4) is 0 Å². The minimum absolute atomic E-state index is 0.0846. The molecule has 1 aromatic rings. The van der Waals surface area contributed by atoms with Gasteiger partial charge in [0.15, 0.2) is 0 Å². The number of benzene rings is 1. The quantitative estimate of drug-likeness (QED) is 0.587. The highest BCUT2D eigenvalue weighted by atomic mass is 32.2. The van der Waals surface area contributed by atoms with Gasteiger partial charge in [0.2, 0.25) is 20.0 Å². The Bertz CT molecular complexity index is 810. The summed E-state index contributed by atoms with van der Waals surface area (Å²) >= 11 is 0. The fraction of sp³-hybridized carbons (Fsp3) is 0.600. The number of sulfonamides is 2.